The molecule has 3 N–H and O–H groups in total. The minimum absolute atomic E-state index is 0.101. The van der Waals surface area contributed by atoms with Crippen molar-refractivity contribution in [3.05, 3.63) is 0 Å². The average molecular weight is 175 g/mol. The van der Waals surface area contributed by atoms with Gasteiger partial charge in [0, 0.05) is 6.42 Å². The highest BCUT2D eigenvalue weighted by Gasteiger charge is 2.13. The summed E-state index contributed by atoms with van der Waals surface area (Å²) in [5.74, 6) is -0.414. The molecule has 0 radical (unpaired) electrons. The minimum atomic E-state index is -0.444. The molecule has 0 fully saturated rings. The van der Waals surface area contributed by atoms with Crippen molar-refractivity contribution in [2.24, 2.45) is 5.73 Å². The zero-order valence-electron chi connectivity index (χ0n) is 7.62. The predicted octanol–water partition coefficient (Wildman–Crippen LogP) is 0.0378. The van der Waals surface area contributed by atoms with Crippen LogP contribution in [0.4, 0.5) is 0 Å². The lowest BCUT2D eigenvalue weighted by molar-refractivity contribution is -0.148. The monoisotopic (exact) mass is 175 g/mol. The van der Waals surface area contributed by atoms with E-state index in [1.165, 1.54) is 0 Å². The first kappa shape index (κ1) is 11.4. The highest BCUT2D eigenvalue weighted by molar-refractivity contribution is 5.71. The van der Waals surface area contributed by atoms with E-state index in [4.69, 9.17) is 15.6 Å². The van der Waals surface area contributed by atoms with Gasteiger partial charge in [-0.25, -0.2) is 0 Å². The second-order valence-electron chi connectivity index (χ2n) is 2.81. The summed E-state index contributed by atoms with van der Waals surface area (Å²) >= 11 is 0. The maximum atomic E-state index is 10.7. The molecule has 0 aliphatic carbocycles. The molecule has 0 saturated heterocycles. The van der Waals surface area contributed by atoms with Gasteiger partial charge in [-0.3, -0.25) is 4.79 Å². The van der Waals surface area contributed by atoms with Gasteiger partial charge in [0.1, 0.15) is 6.10 Å². The Balaban J connectivity index is 3.74. The number of nitrogens with two attached hydrogens (primary N) is 1. The Kier molecular flexibility index (Phi) is 5.66. The Bertz CT molecular complexity index is 136. The summed E-state index contributed by atoms with van der Waals surface area (Å²) in [4.78, 5) is 10.7. The number of ether oxygens (including phenoxy) is 1. The highest BCUT2D eigenvalue weighted by Crippen LogP contribution is 2.06. The van der Waals surface area contributed by atoms with Gasteiger partial charge in [0.2, 0.25) is 0 Å². The van der Waals surface area contributed by atoms with E-state index in [1.807, 2.05) is 6.92 Å². The second kappa shape index (κ2) is 5.97. The topological polar surface area (TPSA) is 72.5 Å². The van der Waals surface area contributed by atoms with Crippen molar-refractivity contribution >= 4 is 5.97 Å². The quantitative estimate of drug-likeness (QED) is 0.578. The van der Waals surface area contributed by atoms with Gasteiger partial charge in [0.05, 0.1) is 12.6 Å². The van der Waals surface area contributed by atoms with Gasteiger partial charge in [-0.15, -0.1) is 0 Å². The van der Waals surface area contributed by atoms with Crippen LogP contribution in [0.15, 0.2) is 0 Å². The number of aliphatic hydroxyl groups is 1. The van der Waals surface area contributed by atoms with Crippen LogP contribution in [-0.4, -0.2) is 29.8 Å². The molecule has 0 aromatic carbocycles. The molecule has 0 rings (SSSR count). The summed E-state index contributed by atoms with van der Waals surface area (Å²) in [5.41, 5.74) is 5.07. The van der Waals surface area contributed by atoms with E-state index in [9.17, 15) is 4.79 Å². The van der Waals surface area contributed by atoms with E-state index in [1.54, 1.807) is 6.92 Å². The second-order valence-corrected chi connectivity index (χ2v) is 2.81. The van der Waals surface area contributed by atoms with Crippen molar-refractivity contribution in [1.82, 2.24) is 0 Å². The van der Waals surface area contributed by atoms with Gasteiger partial charge in [0.25, 0.3) is 0 Å². The first-order valence-electron chi connectivity index (χ1n) is 4.17. The molecule has 0 heterocycles. The number of esters is 1. The predicted molar refractivity (Wildman–Crippen MR) is 45.5 cm³/mol. The Labute approximate surface area is 72.7 Å². The molecule has 72 valence electrons. The zero-order chi connectivity index (χ0) is 9.56. The Hall–Kier alpha value is -0.610. The maximum Gasteiger partial charge on any atom is 0.319 e. The number of rotatable bonds is 5. The van der Waals surface area contributed by atoms with Gasteiger partial charge < -0.3 is 15.6 Å². The fourth-order valence-corrected chi connectivity index (χ4v) is 0.913. The summed E-state index contributed by atoms with van der Waals surface area (Å²) in [6, 6.07) is 0. The number of aliphatic hydroxyl groups excluding tert-OH is 1. The third-order valence-electron chi connectivity index (χ3n) is 1.52. The number of hydrogen-bond acceptors (Lipinski definition) is 4. The molecule has 0 bridgehead atoms. The van der Waals surface area contributed by atoms with Crippen LogP contribution in [0.25, 0.3) is 0 Å². The van der Waals surface area contributed by atoms with Crippen LogP contribution in [0.5, 0.6) is 0 Å². The first-order valence-corrected chi connectivity index (χ1v) is 4.17. The maximum absolute atomic E-state index is 10.7. The normalized spacial score (nSPS) is 15.3. The molecule has 0 amide bonds. The number of carbonyl (C=O) groups is 1. The lowest BCUT2D eigenvalue weighted by Crippen LogP contribution is -2.26. The first-order chi connectivity index (χ1) is 5.60. The molecule has 0 saturated carbocycles. The van der Waals surface area contributed by atoms with Crippen LogP contribution in [0, 0.1) is 0 Å². The van der Waals surface area contributed by atoms with Gasteiger partial charge in [0.15, 0.2) is 0 Å². The van der Waals surface area contributed by atoms with E-state index in [2.05, 4.69) is 0 Å². The van der Waals surface area contributed by atoms with Gasteiger partial charge in [-0.1, -0.05) is 6.92 Å². The number of carbonyl (C=O) groups excluding carboxylic acids is 1. The van der Waals surface area contributed by atoms with Crippen LogP contribution < -0.4 is 5.73 Å². The van der Waals surface area contributed by atoms with E-state index < -0.39 is 12.1 Å². The lowest BCUT2D eigenvalue weighted by Gasteiger charge is -2.16. The summed E-state index contributed by atoms with van der Waals surface area (Å²) in [6.07, 6.45) is 0.528. The summed E-state index contributed by atoms with van der Waals surface area (Å²) < 4.78 is 4.94. The molecule has 12 heavy (non-hydrogen) atoms. The lowest BCUT2D eigenvalue weighted by atomic mass is 10.1. The smallest absolute Gasteiger partial charge is 0.319 e. The average Bonchev–Trinajstić information content (AvgIpc) is 2.02. The molecular weight excluding hydrogens is 158 g/mol. The third-order valence-corrected chi connectivity index (χ3v) is 1.52. The molecule has 2 unspecified atom stereocenters. The van der Waals surface area contributed by atoms with Crippen LogP contribution in [-0.2, 0) is 9.53 Å². The van der Waals surface area contributed by atoms with Gasteiger partial charge in [-0.05, 0) is 13.3 Å². The van der Waals surface area contributed by atoms with Crippen LogP contribution in [0.2, 0.25) is 0 Å². The summed E-state index contributed by atoms with van der Waals surface area (Å²) in [7, 11) is 0. The standard InChI is InChI=1S/C8H17NO3/c1-3-7(4-6(2)10)12-8(11)5-9/h6-7,10H,3-5,9H2,1-2H3. The molecule has 0 aromatic rings. The summed E-state index contributed by atoms with van der Waals surface area (Å²) in [5, 5.41) is 9.02. The molecule has 4 heteroatoms. The van der Waals surface area contributed by atoms with Crippen LogP contribution in [0.1, 0.15) is 26.7 Å². The van der Waals surface area contributed by atoms with Gasteiger partial charge in [-0.2, -0.15) is 0 Å². The fourth-order valence-electron chi connectivity index (χ4n) is 0.913. The van der Waals surface area contributed by atoms with E-state index in [0.29, 0.717) is 12.8 Å². The fraction of sp³-hybridized carbons (Fsp3) is 0.875. The molecule has 0 aromatic heterocycles. The largest absolute Gasteiger partial charge is 0.461 e. The molecular formula is C8H17NO3. The Morgan fingerprint density at radius 2 is 2.25 bits per heavy atom. The van der Waals surface area contributed by atoms with Crippen molar-refractivity contribution in [2.45, 2.75) is 38.9 Å². The molecule has 4 nitrogen and oxygen atoms in total. The van der Waals surface area contributed by atoms with Crippen LogP contribution >= 0.6 is 0 Å². The molecule has 0 aliphatic heterocycles. The Morgan fingerprint density at radius 3 is 2.58 bits per heavy atom. The van der Waals surface area contributed by atoms with Gasteiger partial charge >= 0.3 is 5.97 Å². The highest BCUT2D eigenvalue weighted by atomic mass is 16.5. The van der Waals surface area contributed by atoms with Crippen molar-refractivity contribution in [2.75, 3.05) is 6.54 Å². The SMILES string of the molecule is CCC(CC(C)O)OC(=O)CN. The van der Waals surface area contributed by atoms with E-state index in [0.717, 1.165) is 0 Å². The molecule has 2 atom stereocenters. The molecule has 0 spiro atoms. The van der Waals surface area contributed by atoms with Crippen molar-refractivity contribution < 1.29 is 14.6 Å². The van der Waals surface area contributed by atoms with Crippen LogP contribution in [0.3, 0.4) is 0 Å². The zero-order valence-corrected chi connectivity index (χ0v) is 7.62. The van der Waals surface area contributed by atoms with Crippen molar-refractivity contribution in [3.63, 3.8) is 0 Å². The molecule has 0 aliphatic rings. The minimum Gasteiger partial charge on any atom is -0.461 e. The third kappa shape index (κ3) is 5.09. The Morgan fingerprint density at radius 1 is 1.67 bits per heavy atom. The van der Waals surface area contributed by atoms with E-state index in [-0.39, 0.29) is 12.6 Å². The van der Waals surface area contributed by atoms with Crippen molar-refractivity contribution in [3.8, 4) is 0 Å². The number of hydrogen-bond donors (Lipinski definition) is 2. The van der Waals surface area contributed by atoms with Crippen molar-refractivity contribution in [1.29, 1.82) is 0 Å². The van der Waals surface area contributed by atoms with E-state index >= 15 is 0 Å². The summed E-state index contributed by atoms with van der Waals surface area (Å²) in [6.45, 7) is 3.46.